The molecular weight excluding hydrogens is 414 g/mol. The molecule has 0 saturated carbocycles. The third kappa shape index (κ3) is 4.65. The summed E-state index contributed by atoms with van der Waals surface area (Å²) in [5.74, 6) is -0.245. The minimum atomic E-state index is -3.70. The first-order valence-corrected chi connectivity index (χ1v) is 12.0. The number of piperidine rings is 1. The van der Waals surface area contributed by atoms with Crippen LogP contribution in [0.1, 0.15) is 41.3 Å². The van der Waals surface area contributed by atoms with Gasteiger partial charge in [0, 0.05) is 44.7 Å². The Morgan fingerprint density at radius 1 is 0.968 bits per heavy atom. The maximum atomic E-state index is 13.3. The van der Waals surface area contributed by atoms with Gasteiger partial charge in [0.15, 0.2) is 0 Å². The molecule has 7 nitrogen and oxygen atoms in total. The molecule has 0 radical (unpaired) electrons. The van der Waals surface area contributed by atoms with Crippen LogP contribution in [0.15, 0.2) is 53.4 Å². The van der Waals surface area contributed by atoms with E-state index in [1.54, 1.807) is 23.1 Å². The summed E-state index contributed by atoms with van der Waals surface area (Å²) in [6.07, 6.45) is 2.06. The lowest BCUT2D eigenvalue weighted by Gasteiger charge is -2.32. The predicted octanol–water partition coefficient (Wildman–Crippen LogP) is 2.17. The molecule has 2 aromatic carbocycles. The zero-order chi connectivity index (χ0) is 22.0. The number of rotatable bonds is 4. The molecule has 164 valence electrons. The van der Waals surface area contributed by atoms with Crippen molar-refractivity contribution in [1.29, 1.82) is 0 Å². The molecule has 0 aliphatic carbocycles. The number of likely N-dealkylation sites (tertiary alicyclic amines) is 1. The largest absolute Gasteiger partial charge is 0.353 e. The van der Waals surface area contributed by atoms with Crippen LogP contribution in [-0.4, -0.2) is 55.1 Å². The molecule has 2 aromatic rings. The lowest BCUT2D eigenvalue weighted by molar-refractivity contribution is -0.119. The minimum Gasteiger partial charge on any atom is -0.353 e. The number of carbonyl (C=O) groups is 2. The van der Waals surface area contributed by atoms with Crippen molar-refractivity contribution in [2.45, 2.75) is 43.7 Å². The van der Waals surface area contributed by atoms with E-state index >= 15 is 0 Å². The average molecular weight is 442 g/mol. The second-order valence-corrected chi connectivity index (χ2v) is 10.1. The van der Waals surface area contributed by atoms with E-state index < -0.39 is 10.0 Å². The van der Waals surface area contributed by atoms with E-state index in [1.165, 1.54) is 22.9 Å². The molecule has 2 amide bonds. The molecule has 0 spiro atoms. The van der Waals surface area contributed by atoms with Gasteiger partial charge in [0.05, 0.1) is 4.90 Å². The third-order valence-electron chi connectivity index (χ3n) is 6.00. The molecule has 0 bridgehead atoms. The zero-order valence-corrected chi connectivity index (χ0v) is 18.4. The molecular formula is C23H27N3O4S. The van der Waals surface area contributed by atoms with Crippen LogP contribution in [0.4, 0.5) is 0 Å². The van der Waals surface area contributed by atoms with Crippen molar-refractivity contribution in [3.63, 3.8) is 0 Å². The molecule has 0 atom stereocenters. The number of benzene rings is 2. The Kier molecular flexibility index (Phi) is 6.11. The predicted molar refractivity (Wildman–Crippen MR) is 117 cm³/mol. The average Bonchev–Trinajstić information content (AvgIpc) is 2.78. The van der Waals surface area contributed by atoms with E-state index in [9.17, 15) is 18.0 Å². The van der Waals surface area contributed by atoms with Crippen LogP contribution >= 0.6 is 0 Å². The normalized spacial score (nSPS) is 17.8. The summed E-state index contributed by atoms with van der Waals surface area (Å²) in [4.78, 5) is 26.1. The van der Waals surface area contributed by atoms with Crippen LogP contribution < -0.4 is 5.32 Å². The second kappa shape index (κ2) is 8.80. The monoisotopic (exact) mass is 441 g/mol. The first kappa shape index (κ1) is 21.5. The number of nitrogens with zero attached hydrogens (tertiary/aromatic N) is 2. The third-order valence-corrected chi connectivity index (χ3v) is 7.85. The van der Waals surface area contributed by atoms with Crippen molar-refractivity contribution in [1.82, 2.24) is 14.5 Å². The van der Waals surface area contributed by atoms with Crippen molar-refractivity contribution in [3.8, 4) is 0 Å². The van der Waals surface area contributed by atoms with Gasteiger partial charge in [-0.15, -0.1) is 0 Å². The summed E-state index contributed by atoms with van der Waals surface area (Å²) in [5, 5.41) is 2.89. The SMILES string of the molecule is CC(=O)NC1CCN(C(=O)c2cccc(S(=O)(=O)N3CCc4ccccc4C3)c2)CC1. The molecule has 4 rings (SSSR count). The Balaban J connectivity index is 1.48. The fraction of sp³-hybridized carbons (Fsp3) is 0.391. The van der Waals surface area contributed by atoms with Gasteiger partial charge in [-0.2, -0.15) is 4.31 Å². The molecule has 1 N–H and O–H groups in total. The first-order valence-electron chi connectivity index (χ1n) is 10.6. The number of amides is 2. The first-order chi connectivity index (χ1) is 14.8. The molecule has 2 heterocycles. The Bertz CT molecular complexity index is 1090. The van der Waals surface area contributed by atoms with Gasteiger partial charge in [0.25, 0.3) is 5.91 Å². The van der Waals surface area contributed by atoms with Crippen molar-refractivity contribution in [2.75, 3.05) is 19.6 Å². The van der Waals surface area contributed by atoms with Gasteiger partial charge in [-0.3, -0.25) is 9.59 Å². The fourth-order valence-electron chi connectivity index (χ4n) is 4.31. The molecule has 2 aliphatic rings. The van der Waals surface area contributed by atoms with Crippen LogP contribution in [-0.2, 0) is 27.8 Å². The Labute approximate surface area is 183 Å². The molecule has 1 saturated heterocycles. The van der Waals surface area contributed by atoms with Crippen LogP contribution in [0, 0.1) is 0 Å². The number of hydrogen-bond donors (Lipinski definition) is 1. The molecule has 1 fully saturated rings. The number of carbonyl (C=O) groups excluding carboxylic acids is 2. The van der Waals surface area contributed by atoms with E-state index in [4.69, 9.17) is 0 Å². The van der Waals surface area contributed by atoms with Crippen LogP contribution in [0.25, 0.3) is 0 Å². The zero-order valence-electron chi connectivity index (χ0n) is 17.6. The standard InChI is InChI=1S/C23H27N3O4S/c1-17(27)24-21-10-12-25(13-11-21)23(28)19-7-4-8-22(15-19)31(29,30)26-14-9-18-5-2-3-6-20(18)16-26/h2-8,15,21H,9-14,16H2,1H3,(H,24,27). The van der Waals surface area contributed by atoms with Crippen LogP contribution in [0.5, 0.6) is 0 Å². The van der Waals surface area contributed by atoms with Crippen molar-refractivity contribution in [3.05, 3.63) is 65.2 Å². The van der Waals surface area contributed by atoms with Crippen LogP contribution in [0.2, 0.25) is 0 Å². The van der Waals surface area contributed by atoms with E-state index in [1.807, 2.05) is 24.3 Å². The van der Waals surface area contributed by atoms with Crippen molar-refractivity contribution in [2.24, 2.45) is 0 Å². The van der Waals surface area contributed by atoms with Gasteiger partial charge in [-0.1, -0.05) is 30.3 Å². The summed E-state index contributed by atoms with van der Waals surface area (Å²) in [6, 6.07) is 14.3. The van der Waals surface area contributed by atoms with Gasteiger partial charge < -0.3 is 10.2 Å². The van der Waals surface area contributed by atoms with Crippen molar-refractivity contribution >= 4 is 21.8 Å². The minimum absolute atomic E-state index is 0.0666. The highest BCUT2D eigenvalue weighted by molar-refractivity contribution is 7.89. The summed E-state index contributed by atoms with van der Waals surface area (Å²) in [6.45, 7) is 3.32. The molecule has 2 aliphatic heterocycles. The summed E-state index contributed by atoms with van der Waals surface area (Å²) in [5.41, 5.74) is 2.57. The second-order valence-electron chi connectivity index (χ2n) is 8.15. The van der Waals surface area contributed by atoms with Gasteiger partial charge in [0.2, 0.25) is 15.9 Å². The van der Waals surface area contributed by atoms with E-state index in [-0.39, 0.29) is 22.8 Å². The smallest absolute Gasteiger partial charge is 0.253 e. The number of nitrogens with one attached hydrogen (secondary N) is 1. The maximum Gasteiger partial charge on any atom is 0.253 e. The Hall–Kier alpha value is -2.71. The summed E-state index contributed by atoms with van der Waals surface area (Å²) in [7, 11) is -3.70. The lowest BCUT2D eigenvalue weighted by Crippen LogP contribution is -2.46. The Morgan fingerprint density at radius 2 is 1.68 bits per heavy atom. The van der Waals surface area contributed by atoms with Gasteiger partial charge in [-0.05, 0) is 48.6 Å². The highest BCUT2D eigenvalue weighted by Crippen LogP contribution is 2.26. The van der Waals surface area contributed by atoms with E-state index in [0.29, 0.717) is 51.0 Å². The molecule has 8 heteroatoms. The highest BCUT2D eigenvalue weighted by atomic mass is 32.2. The van der Waals surface area contributed by atoms with E-state index in [2.05, 4.69) is 5.32 Å². The number of sulfonamides is 1. The number of hydrogen-bond acceptors (Lipinski definition) is 4. The number of fused-ring (bicyclic) bond motifs is 1. The van der Waals surface area contributed by atoms with Gasteiger partial charge >= 0.3 is 0 Å². The van der Waals surface area contributed by atoms with Crippen LogP contribution in [0.3, 0.4) is 0 Å². The summed E-state index contributed by atoms with van der Waals surface area (Å²) >= 11 is 0. The lowest BCUT2D eigenvalue weighted by atomic mass is 10.0. The fourth-order valence-corrected chi connectivity index (χ4v) is 5.78. The quantitative estimate of drug-likeness (QED) is 0.788. The molecule has 31 heavy (non-hydrogen) atoms. The topological polar surface area (TPSA) is 86.8 Å². The Morgan fingerprint density at radius 3 is 2.39 bits per heavy atom. The van der Waals surface area contributed by atoms with Crippen molar-refractivity contribution < 1.29 is 18.0 Å². The van der Waals surface area contributed by atoms with Gasteiger partial charge in [-0.25, -0.2) is 8.42 Å². The molecule has 0 aromatic heterocycles. The van der Waals surface area contributed by atoms with Gasteiger partial charge in [0.1, 0.15) is 0 Å². The summed E-state index contributed by atoms with van der Waals surface area (Å²) < 4.78 is 28.0. The molecule has 0 unspecified atom stereocenters. The van der Waals surface area contributed by atoms with E-state index in [0.717, 1.165) is 5.56 Å². The highest BCUT2D eigenvalue weighted by Gasteiger charge is 2.30. The maximum absolute atomic E-state index is 13.3.